The minimum Gasteiger partial charge on any atom is -0.339 e. The second-order valence-electron chi connectivity index (χ2n) is 7.84. The van der Waals surface area contributed by atoms with Crippen LogP contribution in [0.15, 0.2) is 24.3 Å². The number of nitrogens with zero attached hydrogens (tertiary/aromatic N) is 4. The van der Waals surface area contributed by atoms with E-state index in [1.54, 1.807) is 4.90 Å². The molecule has 2 heterocycles. The summed E-state index contributed by atoms with van der Waals surface area (Å²) in [5.74, 6) is -0.161. The van der Waals surface area contributed by atoms with Crippen LogP contribution >= 0.6 is 0 Å². The molecule has 0 spiro atoms. The second kappa shape index (κ2) is 9.34. The second-order valence-corrected chi connectivity index (χ2v) is 7.84. The van der Waals surface area contributed by atoms with Gasteiger partial charge in [-0.3, -0.25) is 14.5 Å². The summed E-state index contributed by atoms with van der Waals surface area (Å²) in [6.07, 6.45) is -4.42. The highest BCUT2D eigenvalue weighted by molar-refractivity contribution is 5.94. The van der Waals surface area contributed by atoms with E-state index < -0.39 is 11.7 Å². The summed E-state index contributed by atoms with van der Waals surface area (Å²) in [7, 11) is 0. The Morgan fingerprint density at radius 3 is 1.93 bits per heavy atom. The topological polar surface area (TPSA) is 47.1 Å². The first kappa shape index (κ1) is 22.6. The minimum absolute atomic E-state index is 0.119. The van der Waals surface area contributed by atoms with Gasteiger partial charge in [-0.25, -0.2) is 0 Å². The van der Waals surface area contributed by atoms with Crippen LogP contribution in [0, 0.1) is 0 Å². The monoisotopic (exact) mass is 426 g/mol. The van der Waals surface area contributed by atoms with Gasteiger partial charge in [-0.15, -0.1) is 0 Å². The molecule has 1 aromatic carbocycles. The zero-order valence-electron chi connectivity index (χ0n) is 17.5. The molecule has 3 rings (SSSR count). The minimum atomic E-state index is -4.42. The van der Waals surface area contributed by atoms with E-state index in [0.717, 1.165) is 44.9 Å². The quantitative estimate of drug-likeness (QED) is 0.739. The molecule has 2 saturated heterocycles. The first-order valence-electron chi connectivity index (χ1n) is 10.4. The lowest BCUT2D eigenvalue weighted by Gasteiger charge is -2.41. The highest BCUT2D eigenvalue weighted by Gasteiger charge is 2.33. The number of amides is 2. The van der Waals surface area contributed by atoms with Gasteiger partial charge in [0.1, 0.15) is 0 Å². The third kappa shape index (κ3) is 5.13. The highest BCUT2D eigenvalue weighted by atomic mass is 19.4. The van der Waals surface area contributed by atoms with Crippen molar-refractivity contribution in [3.63, 3.8) is 0 Å². The van der Waals surface area contributed by atoms with Crippen molar-refractivity contribution < 1.29 is 22.8 Å². The molecular weight excluding hydrogens is 397 g/mol. The largest absolute Gasteiger partial charge is 0.416 e. The number of carbonyl (C=O) groups excluding carboxylic acids is 2. The Balaban J connectivity index is 1.51. The molecule has 1 aromatic rings. The number of hydrogen-bond donors (Lipinski definition) is 0. The maximum absolute atomic E-state index is 12.8. The lowest BCUT2D eigenvalue weighted by atomic mass is 10.1. The molecule has 9 heteroatoms. The third-order valence-electron chi connectivity index (χ3n) is 6.10. The van der Waals surface area contributed by atoms with Crippen LogP contribution in [0.1, 0.15) is 29.8 Å². The zero-order valence-corrected chi connectivity index (χ0v) is 17.5. The molecule has 2 amide bonds. The molecule has 6 nitrogen and oxygen atoms in total. The van der Waals surface area contributed by atoms with E-state index in [4.69, 9.17) is 0 Å². The fourth-order valence-electron chi connectivity index (χ4n) is 4.00. The Labute approximate surface area is 175 Å². The predicted octanol–water partition coefficient (Wildman–Crippen LogP) is 2.02. The van der Waals surface area contributed by atoms with Gasteiger partial charge in [-0.05, 0) is 37.7 Å². The number of hydrogen-bond acceptors (Lipinski definition) is 4. The number of alkyl halides is 3. The average Bonchev–Trinajstić information content (AvgIpc) is 2.77. The summed E-state index contributed by atoms with van der Waals surface area (Å²) in [6, 6.07) is 4.06. The summed E-state index contributed by atoms with van der Waals surface area (Å²) in [5, 5.41) is 0. The van der Waals surface area contributed by atoms with E-state index in [0.29, 0.717) is 26.2 Å². The summed E-state index contributed by atoms with van der Waals surface area (Å²) >= 11 is 0. The molecular formula is C21H29F3N4O2. The number of carbonyl (C=O) groups is 2. The average molecular weight is 426 g/mol. The fourth-order valence-corrected chi connectivity index (χ4v) is 4.00. The van der Waals surface area contributed by atoms with Crippen molar-refractivity contribution in [2.75, 3.05) is 58.9 Å². The van der Waals surface area contributed by atoms with Gasteiger partial charge in [0.25, 0.3) is 5.91 Å². The molecule has 30 heavy (non-hydrogen) atoms. The van der Waals surface area contributed by atoms with E-state index >= 15 is 0 Å². The molecule has 2 aliphatic rings. The standard InChI is InChI=1S/C21H29F3N4O2/c1-3-25-8-10-27(11-9-25)19(29)16(2)26-12-14-28(15-13-26)20(30)17-4-6-18(7-5-17)21(22,23)24/h4-7,16H,3,8-15H2,1-2H3. The number of likely N-dealkylation sites (N-methyl/N-ethyl adjacent to an activating group) is 1. The Morgan fingerprint density at radius 1 is 0.900 bits per heavy atom. The molecule has 0 aromatic heterocycles. The van der Waals surface area contributed by atoms with E-state index in [2.05, 4.69) is 16.7 Å². The van der Waals surface area contributed by atoms with E-state index in [1.807, 2.05) is 11.8 Å². The van der Waals surface area contributed by atoms with E-state index in [-0.39, 0.29) is 23.4 Å². The van der Waals surface area contributed by atoms with Gasteiger partial charge in [0.2, 0.25) is 5.91 Å². The van der Waals surface area contributed by atoms with Gasteiger partial charge in [-0.1, -0.05) is 6.92 Å². The van der Waals surface area contributed by atoms with E-state index in [9.17, 15) is 22.8 Å². The van der Waals surface area contributed by atoms with Crippen molar-refractivity contribution in [1.82, 2.24) is 19.6 Å². The molecule has 2 aliphatic heterocycles. The van der Waals surface area contributed by atoms with Crippen molar-refractivity contribution >= 4 is 11.8 Å². The molecule has 0 N–H and O–H groups in total. The van der Waals surface area contributed by atoms with E-state index in [1.165, 1.54) is 12.1 Å². The van der Waals surface area contributed by atoms with Crippen molar-refractivity contribution in [3.05, 3.63) is 35.4 Å². The lowest BCUT2D eigenvalue weighted by molar-refractivity contribution is -0.139. The summed E-state index contributed by atoms with van der Waals surface area (Å²) in [6.45, 7) is 10.3. The first-order valence-corrected chi connectivity index (χ1v) is 10.4. The Hall–Kier alpha value is -2.13. The Morgan fingerprint density at radius 2 is 1.43 bits per heavy atom. The third-order valence-corrected chi connectivity index (χ3v) is 6.10. The number of benzene rings is 1. The van der Waals surface area contributed by atoms with Gasteiger partial charge in [0.05, 0.1) is 11.6 Å². The van der Waals surface area contributed by atoms with Crippen LogP contribution in [-0.2, 0) is 11.0 Å². The van der Waals surface area contributed by atoms with Gasteiger partial charge in [0.15, 0.2) is 0 Å². The van der Waals surface area contributed by atoms with Gasteiger partial charge < -0.3 is 14.7 Å². The fraction of sp³-hybridized carbons (Fsp3) is 0.619. The molecule has 0 radical (unpaired) electrons. The van der Waals surface area contributed by atoms with Crippen molar-refractivity contribution in [1.29, 1.82) is 0 Å². The van der Waals surface area contributed by atoms with Crippen LogP contribution in [-0.4, -0.2) is 96.4 Å². The Kier molecular flexibility index (Phi) is 7.02. The van der Waals surface area contributed by atoms with Crippen LogP contribution in [0.5, 0.6) is 0 Å². The van der Waals surface area contributed by atoms with Crippen LogP contribution in [0.3, 0.4) is 0 Å². The summed E-state index contributed by atoms with van der Waals surface area (Å²) in [4.78, 5) is 33.4. The summed E-state index contributed by atoms with van der Waals surface area (Å²) in [5.41, 5.74) is -0.523. The lowest BCUT2D eigenvalue weighted by Crippen LogP contribution is -2.58. The van der Waals surface area contributed by atoms with Crippen LogP contribution in [0.25, 0.3) is 0 Å². The number of rotatable bonds is 4. The van der Waals surface area contributed by atoms with Crippen molar-refractivity contribution in [2.24, 2.45) is 0 Å². The molecule has 0 aliphatic carbocycles. The normalized spacial score (nSPS) is 20.3. The van der Waals surface area contributed by atoms with Crippen LogP contribution in [0.2, 0.25) is 0 Å². The van der Waals surface area contributed by atoms with Crippen LogP contribution in [0.4, 0.5) is 13.2 Å². The van der Waals surface area contributed by atoms with Gasteiger partial charge >= 0.3 is 6.18 Å². The van der Waals surface area contributed by atoms with Gasteiger partial charge in [-0.2, -0.15) is 13.2 Å². The molecule has 0 bridgehead atoms. The molecule has 0 saturated carbocycles. The number of piperazine rings is 2. The smallest absolute Gasteiger partial charge is 0.339 e. The molecule has 166 valence electrons. The molecule has 1 atom stereocenters. The highest BCUT2D eigenvalue weighted by Crippen LogP contribution is 2.29. The maximum atomic E-state index is 12.8. The SMILES string of the molecule is CCN1CCN(C(=O)C(C)N2CCN(C(=O)c3ccc(C(F)(F)F)cc3)CC2)CC1. The zero-order chi connectivity index (χ0) is 21.9. The van der Waals surface area contributed by atoms with Crippen molar-refractivity contribution in [3.8, 4) is 0 Å². The first-order chi connectivity index (χ1) is 14.2. The van der Waals surface area contributed by atoms with Crippen molar-refractivity contribution in [2.45, 2.75) is 26.1 Å². The molecule has 1 unspecified atom stereocenters. The van der Waals surface area contributed by atoms with Gasteiger partial charge in [0, 0.05) is 57.9 Å². The number of halogens is 3. The molecule has 2 fully saturated rings. The maximum Gasteiger partial charge on any atom is 0.416 e. The predicted molar refractivity (Wildman–Crippen MR) is 107 cm³/mol. The Bertz CT molecular complexity index is 738. The summed E-state index contributed by atoms with van der Waals surface area (Å²) < 4.78 is 38.1. The van der Waals surface area contributed by atoms with Crippen LogP contribution < -0.4 is 0 Å².